The zero-order valence-electron chi connectivity index (χ0n) is 15.4. The van der Waals surface area contributed by atoms with Gasteiger partial charge in [-0.3, -0.25) is 0 Å². The third-order valence-electron chi connectivity index (χ3n) is 3.29. The van der Waals surface area contributed by atoms with Gasteiger partial charge in [-0.05, 0) is 72.8 Å². The molecule has 1 N–H and O–H groups in total. The summed E-state index contributed by atoms with van der Waals surface area (Å²) >= 11 is 0. The number of hydrogen-bond acceptors (Lipinski definition) is 2. The van der Waals surface area contributed by atoms with Crippen molar-refractivity contribution in [3.63, 3.8) is 0 Å². The van der Waals surface area contributed by atoms with Gasteiger partial charge in [0.25, 0.3) is 6.08 Å². The highest BCUT2D eigenvalue weighted by atomic mass is 19.3. The molecular weight excluding hydrogens is 304 g/mol. The van der Waals surface area contributed by atoms with Crippen molar-refractivity contribution in [3.8, 4) is 0 Å². The summed E-state index contributed by atoms with van der Waals surface area (Å²) in [5, 5.41) is 8.68. The normalized spacial score (nSPS) is 18.8. The molecule has 4 nitrogen and oxygen atoms in total. The maximum atomic E-state index is 12.2. The summed E-state index contributed by atoms with van der Waals surface area (Å²) < 4.78 is 29.9. The van der Waals surface area contributed by atoms with Gasteiger partial charge in [0, 0.05) is 13.1 Å². The second-order valence-corrected chi connectivity index (χ2v) is 7.82. The van der Waals surface area contributed by atoms with E-state index >= 15 is 0 Å². The molecule has 0 heterocycles. The number of ether oxygens (including phenoxy) is 1. The molecule has 1 aliphatic rings. The molecule has 0 aliphatic heterocycles. The van der Waals surface area contributed by atoms with Gasteiger partial charge in [0.05, 0.1) is 11.2 Å². The number of rotatable bonds is 1. The predicted octanol–water partition coefficient (Wildman–Crippen LogP) is 5.29. The van der Waals surface area contributed by atoms with E-state index in [9.17, 15) is 13.6 Å². The monoisotopic (exact) mass is 335 g/mol. The fourth-order valence-corrected chi connectivity index (χ4v) is 2.60. The second kappa shape index (κ2) is 8.62. The van der Waals surface area contributed by atoms with Crippen LogP contribution in [0.3, 0.4) is 0 Å². The number of carbonyl (C=O) groups is 1. The minimum absolute atomic E-state index is 0.0156. The Balaban J connectivity index is 0.000000468. The molecule has 1 rings (SSSR count). The first-order valence-corrected chi connectivity index (χ1v) is 7.92. The van der Waals surface area contributed by atoms with Crippen molar-refractivity contribution >= 4 is 6.09 Å². The first-order valence-electron chi connectivity index (χ1n) is 7.92. The van der Waals surface area contributed by atoms with Crippen molar-refractivity contribution in [1.29, 1.82) is 0 Å². The van der Waals surface area contributed by atoms with Crippen molar-refractivity contribution in [2.24, 2.45) is 0 Å². The van der Waals surface area contributed by atoms with Crippen molar-refractivity contribution in [1.82, 2.24) is 4.90 Å². The molecule has 0 saturated heterocycles. The van der Waals surface area contributed by atoms with Crippen molar-refractivity contribution in [2.75, 3.05) is 7.05 Å². The maximum Gasteiger partial charge on any atom is 0.407 e. The number of halogens is 2. The third kappa shape index (κ3) is 10.3. The number of hydrogen-bond donors (Lipinski definition) is 1. The van der Waals surface area contributed by atoms with E-state index in [0.717, 1.165) is 0 Å². The fraction of sp³-hybridized carbons (Fsp3) is 0.824. The summed E-state index contributed by atoms with van der Waals surface area (Å²) in [7, 11) is 1.48. The van der Waals surface area contributed by atoms with Crippen LogP contribution >= 0.6 is 0 Å². The van der Waals surface area contributed by atoms with Gasteiger partial charge in [-0.25, -0.2) is 4.79 Å². The Morgan fingerprint density at radius 1 is 1.09 bits per heavy atom. The topological polar surface area (TPSA) is 49.8 Å². The van der Waals surface area contributed by atoms with E-state index < -0.39 is 12.2 Å². The van der Waals surface area contributed by atoms with E-state index in [1.54, 1.807) is 0 Å². The summed E-state index contributed by atoms with van der Waals surface area (Å²) in [6, 6.07) is -0.115. The molecular formula is C17H31F2NO3. The Morgan fingerprint density at radius 3 is 1.70 bits per heavy atom. The number of nitrogens with zero attached hydrogens (tertiary/aromatic N) is 1. The van der Waals surface area contributed by atoms with Crippen LogP contribution in [0.5, 0.6) is 0 Å². The zero-order chi connectivity index (χ0) is 18.4. The van der Waals surface area contributed by atoms with E-state index in [0.29, 0.717) is 25.7 Å². The Kier molecular flexibility index (Phi) is 8.18. The van der Waals surface area contributed by atoms with Gasteiger partial charge in [0.15, 0.2) is 0 Å². The molecule has 23 heavy (non-hydrogen) atoms. The third-order valence-corrected chi connectivity index (χ3v) is 3.29. The van der Waals surface area contributed by atoms with Crippen LogP contribution < -0.4 is 0 Å². The largest absolute Gasteiger partial charge is 0.465 e. The highest BCUT2D eigenvalue weighted by molar-refractivity contribution is 5.65. The van der Waals surface area contributed by atoms with Gasteiger partial charge in [-0.1, -0.05) is 0 Å². The Labute approximate surface area is 138 Å². The fourth-order valence-electron chi connectivity index (χ4n) is 2.60. The van der Waals surface area contributed by atoms with Crippen molar-refractivity contribution < 1.29 is 23.4 Å². The van der Waals surface area contributed by atoms with Gasteiger partial charge in [-0.2, -0.15) is 8.78 Å². The van der Waals surface area contributed by atoms with Gasteiger partial charge < -0.3 is 14.7 Å². The van der Waals surface area contributed by atoms with Crippen LogP contribution in [0.25, 0.3) is 0 Å². The average molecular weight is 335 g/mol. The van der Waals surface area contributed by atoms with E-state index in [-0.39, 0.29) is 22.8 Å². The molecule has 0 aromatic heterocycles. The molecule has 0 aromatic carbocycles. The molecule has 0 radical (unpaired) electrons. The van der Waals surface area contributed by atoms with Crippen LogP contribution in [0.15, 0.2) is 11.7 Å². The highest BCUT2D eigenvalue weighted by Crippen LogP contribution is 2.29. The zero-order valence-corrected chi connectivity index (χ0v) is 15.4. The number of amides is 1. The van der Waals surface area contributed by atoms with E-state index in [2.05, 4.69) is 41.5 Å². The molecule has 1 saturated carbocycles. The predicted molar refractivity (Wildman–Crippen MR) is 87.9 cm³/mol. The van der Waals surface area contributed by atoms with E-state index in [1.165, 1.54) is 11.9 Å². The summed E-state index contributed by atoms with van der Waals surface area (Å²) in [6.45, 7) is 12.4. The van der Waals surface area contributed by atoms with Crippen LogP contribution in [-0.4, -0.2) is 40.4 Å². The lowest BCUT2D eigenvalue weighted by atomic mass is 9.91. The molecule has 0 spiro atoms. The summed E-state index contributed by atoms with van der Waals surface area (Å²) in [6.07, 6.45) is -0.982. The number of carboxylic acid groups (broad SMARTS) is 1. The standard InChI is InChI=1S/C9H13F2NO2.C8H18O/c1-12(9(13)14)7-4-2-6(3-5-7)8(10)11;1-7(2,3)9-8(4,5)6/h7H,2-5H2,1H3,(H,13,14);1-6H3. The summed E-state index contributed by atoms with van der Waals surface area (Å²) in [5.74, 6) is 0. The smallest absolute Gasteiger partial charge is 0.407 e. The minimum atomic E-state index is -1.60. The molecule has 0 atom stereocenters. The van der Waals surface area contributed by atoms with Crippen LogP contribution in [0.1, 0.15) is 67.2 Å². The van der Waals surface area contributed by atoms with E-state index in [1.807, 2.05) is 0 Å². The lowest BCUT2D eigenvalue weighted by Crippen LogP contribution is -2.37. The molecule has 136 valence electrons. The van der Waals surface area contributed by atoms with Gasteiger partial charge >= 0.3 is 6.09 Å². The van der Waals surface area contributed by atoms with E-state index in [4.69, 9.17) is 9.84 Å². The minimum Gasteiger partial charge on any atom is -0.465 e. The van der Waals surface area contributed by atoms with Crippen LogP contribution in [0.4, 0.5) is 13.6 Å². The van der Waals surface area contributed by atoms with Crippen LogP contribution in [0.2, 0.25) is 0 Å². The second-order valence-electron chi connectivity index (χ2n) is 7.82. The quantitative estimate of drug-likeness (QED) is 0.708. The molecule has 1 fully saturated rings. The van der Waals surface area contributed by atoms with Gasteiger partial charge in [0.2, 0.25) is 0 Å². The lowest BCUT2D eigenvalue weighted by Gasteiger charge is -2.30. The summed E-state index contributed by atoms with van der Waals surface area (Å²) in [5.41, 5.74) is 0.149. The Hall–Kier alpha value is -1.17. The molecule has 1 aliphatic carbocycles. The highest BCUT2D eigenvalue weighted by Gasteiger charge is 2.25. The lowest BCUT2D eigenvalue weighted by molar-refractivity contribution is -0.102. The number of allylic oxidation sites excluding steroid dienone is 1. The molecule has 0 aromatic rings. The van der Waals surface area contributed by atoms with Gasteiger partial charge in [0.1, 0.15) is 0 Å². The van der Waals surface area contributed by atoms with Gasteiger partial charge in [-0.15, -0.1) is 0 Å². The van der Waals surface area contributed by atoms with Crippen molar-refractivity contribution in [3.05, 3.63) is 11.7 Å². The maximum absolute atomic E-state index is 12.2. The summed E-state index contributed by atoms with van der Waals surface area (Å²) in [4.78, 5) is 11.8. The SMILES string of the molecule is CC(C)(C)OC(C)(C)C.CN(C(=O)O)C1CCC(=C(F)F)CC1. The Morgan fingerprint density at radius 2 is 1.48 bits per heavy atom. The molecule has 6 heteroatoms. The molecule has 0 bridgehead atoms. The van der Waals surface area contributed by atoms with Crippen LogP contribution in [0, 0.1) is 0 Å². The molecule has 1 amide bonds. The average Bonchev–Trinajstić information content (AvgIpc) is 2.34. The molecule has 0 unspecified atom stereocenters. The van der Waals surface area contributed by atoms with Crippen molar-refractivity contribution in [2.45, 2.75) is 84.5 Å². The first kappa shape index (κ1) is 21.8. The van der Waals surface area contributed by atoms with Crippen LogP contribution in [-0.2, 0) is 4.74 Å². The first-order chi connectivity index (χ1) is 10.2. The Bertz CT molecular complexity index is 397.